The lowest BCUT2D eigenvalue weighted by Gasteiger charge is -2.32. The number of nitrogens with one attached hydrogen (secondary N) is 1. The minimum absolute atomic E-state index is 0.00905. The maximum atomic E-state index is 13.5. The van der Waals surface area contributed by atoms with Crippen molar-refractivity contribution < 1.29 is 9.13 Å². The predicted octanol–water partition coefficient (Wildman–Crippen LogP) is 4.53. The van der Waals surface area contributed by atoms with E-state index in [9.17, 15) is 9.18 Å². The number of rotatable bonds is 8. The minimum Gasteiger partial charge on any atom is -0.493 e. The van der Waals surface area contributed by atoms with E-state index in [2.05, 4.69) is 16.8 Å². The number of aryl methyl sites for hydroxylation is 1. The minimum atomic E-state index is -0.206. The van der Waals surface area contributed by atoms with Gasteiger partial charge in [-0.25, -0.2) is 9.18 Å². The number of halogens is 1. The Morgan fingerprint density at radius 3 is 2.77 bits per heavy atom. The zero-order valence-electron chi connectivity index (χ0n) is 17.6. The summed E-state index contributed by atoms with van der Waals surface area (Å²) in [4.78, 5) is 17.8. The molecule has 0 unspecified atom stereocenters. The Morgan fingerprint density at radius 1 is 1.17 bits per heavy atom. The lowest BCUT2D eigenvalue weighted by atomic mass is 10.0. The highest BCUT2D eigenvalue weighted by atomic mass is 19.1. The van der Waals surface area contributed by atoms with Crippen molar-refractivity contribution >= 4 is 11.0 Å². The fraction of sp³-hybridized carbons (Fsp3) is 0.458. The molecule has 30 heavy (non-hydrogen) atoms. The number of piperidine rings is 1. The molecule has 160 valence electrons. The zero-order valence-corrected chi connectivity index (χ0v) is 17.6. The fourth-order valence-corrected chi connectivity index (χ4v) is 4.46. The Morgan fingerprint density at radius 2 is 1.97 bits per heavy atom. The van der Waals surface area contributed by atoms with Crippen LogP contribution in [0.2, 0.25) is 0 Å². The molecule has 0 aliphatic carbocycles. The van der Waals surface area contributed by atoms with E-state index in [1.165, 1.54) is 6.07 Å². The molecule has 4 rings (SSSR count). The maximum Gasteiger partial charge on any atom is 0.326 e. The molecule has 0 atom stereocenters. The van der Waals surface area contributed by atoms with E-state index in [0.29, 0.717) is 6.61 Å². The number of fused-ring (bicyclic) bond motifs is 1. The van der Waals surface area contributed by atoms with Crippen molar-refractivity contribution in [2.75, 3.05) is 26.2 Å². The Balaban J connectivity index is 1.26. The summed E-state index contributed by atoms with van der Waals surface area (Å²) in [7, 11) is 0. The Labute approximate surface area is 176 Å². The monoisotopic (exact) mass is 411 g/mol. The second-order valence-electron chi connectivity index (χ2n) is 8.09. The second kappa shape index (κ2) is 9.47. The molecule has 1 aromatic heterocycles. The van der Waals surface area contributed by atoms with Crippen LogP contribution in [0.15, 0.2) is 47.3 Å². The molecule has 2 heterocycles. The quantitative estimate of drug-likeness (QED) is 0.554. The summed E-state index contributed by atoms with van der Waals surface area (Å²) in [6.45, 7) is 5.65. The van der Waals surface area contributed by atoms with E-state index in [-0.39, 0.29) is 17.5 Å². The molecule has 1 saturated heterocycles. The first-order valence-corrected chi connectivity index (χ1v) is 11.0. The molecule has 0 spiro atoms. The Kier molecular flexibility index (Phi) is 6.53. The molecule has 2 aromatic carbocycles. The van der Waals surface area contributed by atoms with Gasteiger partial charge in [0.15, 0.2) is 0 Å². The highest BCUT2D eigenvalue weighted by Gasteiger charge is 2.23. The normalized spacial score (nSPS) is 15.7. The maximum absolute atomic E-state index is 13.5. The van der Waals surface area contributed by atoms with Crippen molar-refractivity contribution in [1.82, 2.24) is 14.5 Å². The first-order valence-electron chi connectivity index (χ1n) is 11.0. The molecule has 3 aromatic rings. The summed E-state index contributed by atoms with van der Waals surface area (Å²) in [6.07, 6.45) is 4.67. The molecule has 6 heteroatoms. The molecule has 1 fully saturated rings. The van der Waals surface area contributed by atoms with E-state index in [0.717, 1.165) is 74.1 Å². The number of benzene rings is 2. The molecule has 0 amide bonds. The number of likely N-dealkylation sites (tertiary alicyclic amines) is 1. The number of aromatic nitrogens is 2. The van der Waals surface area contributed by atoms with Crippen molar-refractivity contribution in [2.45, 2.75) is 45.1 Å². The smallest absolute Gasteiger partial charge is 0.326 e. The van der Waals surface area contributed by atoms with Crippen LogP contribution in [0.4, 0.5) is 4.39 Å². The molecule has 0 bridgehead atoms. The van der Waals surface area contributed by atoms with Crippen LogP contribution in [0.5, 0.6) is 5.75 Å². The average Bonchev–Trinajstić information content (AvgIpc) is 3.09. The Hall–Kier alpha value is -2.60. The lowest BCUT2D eigenvalue weighted by molar-refractivity contribution is 0.173. The SMILES string of the molecule is CCCc1cc(F)ccc1OCCCN1CCC(n2c(=O)[nH]c3ccccc32)CC1. The highest BCUT2D eigenvalue weighted by molar-refractivity contribution is 5.75. The number of ether oxygens (including phenoxy) is 1. The molecular weight excluding hydrogens is 381 g/mol. The van der Waals surface area contributed by atoms with Crippen LogP contribution in [0.25, 0.3) is 11.0 Å². The third kappa shape index (κ3) is 4.59. The molecular formula is C24H30FN3O2. The fourth-order valence-electron chi connectivity index (χ4n) is 4.46. The largest absolute Gasteiger partial charge is 0.493 e. The van der Waals surface area contributed by atoms with Gasteiger partial charge in [-0.05, 0) is 61.6 Å². The predicted molar refractivity (Wildman–Crippen MR) is 118 cm³/mol. The Bertz CT molecular complexity index is 1030. The number of para-hydroxylation sites is 2. The first-order chi connectivity index (χ1) is 14.7. The zero-order chi connectivity index (χ0) is 20.9. The van der Waals surface area contributed by atoms with Crippen molar-refractivity contribution in [3.8, 4) is 5.75 Å². The molecule has 1 aliphatic heterocycles. The standard InChI is InChI=1S/C24H30FN3O2/c1-2-6-18-17-19(25)9-10-23(18)30-16-5-13-27-14-11-20(12-15-27)28-22-8-4-3-7-21(22)26-24(28)29/h3-4,7-10,17,20H,2,5-6,11-16H2,1H3,(H,26,29). The van der Waals surface area contributed by atoms with Gasteiger partial charge in [0.25, 0.3) is 0 Å². The van der Waals surface area contributed by atoms with Gasteiger partial charge >= 0.3 is 5.69 Å². The van der Waals surface area contributed by atoms with E-state index < -0.39 is 0 Å². The van der Waals surface area contributed by atoms with E-state index >= 15 is 0 Å². The van der Waals surface area contributed by atoms with Gasteiger partial charge < -0.3 is 14.6 Å². The number of hydrogen-bond donors (Lipinski definition) is 1. The van der Waals surface area contributed by atoms with Crippen molar-refractivity contribution in [1.29, 1.82) is 0 Å². The van der Waals surface area contributed by atoms with Crippen molar-refractivity contribution in [2.24, 2.45) is 0 Å². The summed E-state index contributed by atoms with van der Waals surface area (Å²) in [6, 6.07) is 12.9. The van der Waals surface area contributed by atoms with E-state index in [1.54, 1.807) is 12.1 Å². The van der Waals surface area contributed by atoms with Crippen LogP contribution in [0.3, 0.4) is 0 Å². The number of imidazole rings is 1. The van der Waals surface area contributed by atoms with Gasteiger partial charge in [0.2, 0.25) is 0 Å². The highest BCUT2D eigenvalue weighted by Crippen LogP contribution is 2.25. The number of aromatic amines is 1. The number of nitrogens with zero attached hydrogens (tertiary/aromatic N) is 2. The van der Waals surface area contributed by atoms with E-state index in [1.807, 2.05) is 28.8 Å². The van der Waals surface area contributed by atoms with Gasteiger partial charge in [0.1, 0.15) is 11.6 Å². The first kappa shape index (κ1) is 20.7. The van der Waals surface area contributed by atoms with Gasteiger partial charge in [0.05, 0.1) is 17.6 Å². The summed E-state index contributed by atoms with van der Waals surface area (Å²) >= 11 is 0. The summed E-state index contributed by atoms with van der Waals surface area (Å²) in [5.74, 6) is 0.596. The van der Waals surface area contributed by atoms with Gasteiger partial charge in [-0.3, -0.25) is 4.57 Å². The second-order valence-corrected chi connectivity index (χ2v) is 8.09. The van der Waals surface area contributed by atoms with Gasteiger partial charge in [-0.2, -0.15) is 0 Å². The molecule has 5 nitrogen and oxygen atoms in total. The summed E-state index contributed by atoms with van der Waals surface area (Å²) in [5, 5.41) is 0. The van der Waals surface area contributed by atoms with Gasteiger partial charge in [-0.1, -0.05) is 25.5 Å². The van der Waals surface area contributed by atoms with Crippen LogP contribution in [-0.4, -0.2) is 40.7 Å². The average molecular weight is 412 g/mol. The van der Waals surface area contributed by atoms with Crippen molar-refractivity contribution in [3.05, 3.63) is 64.3 Å². The topological polar surface area (TPSA) is 50.3 Å². The summed E-state index contributed by atoms with van der Waals surface area (Å²) in [5.41, 5.74) is 2.84. The van der Waals surface area contributed by atoms with Crippen LogP contribution < -0.4 is 10.4 Å². The van der Waals surface area contributed by atoms with Gasteiger partial charge in [0, 0.05) is 25.7 Å². The van der Waals surface area contributed by atoms with Gasteiger partial charge in [-0.15, -0.1) is 0 Å². The lowest BCUT2D eigenvalue weighted by Crippen LogP contribution is -2.37. The number of H-pyrrole nitrogens is 1. The summed E-state index contributed by atoms with van der Waals surface area (Å²) < 4.78 is 21.3. The number of hydrogen-bond acceptors (Lipinski definition) is 3. The molecule has 0 radical (unpaired) electrons. The van der Waals surface area contributed by atoms with E-state index in [4.69, 9.17) is 4.74 Å². The molecule has 0 saturated carbocycles. The van der Waals surface area contributed by atoms with Crippen LogP contribution in [0, 0.1) is 5.82 Å². The van der Waals surface area contributed by atoms with Crippen LogP contribution in [0.1, 0.15) is 44.2 Å². The molecule has 1 N–H and O–H groups in total. The molecule has 1 aliphatic rings. The van der Waals surface area contributed by atoms with Crippen molar-refractivity contribution in [3.63, 3.8) is 0 Å². The third-order valence-corrected chi connectivity index (χ3v) is 5.96. The third-order valence-electron chi connectivity index (χ3n) is 5.96. The van der Waals surface area contributed by atoms with Crippen LogP contribution >= 0.6 is 0 Å². The van der Waals surface area contributed by atoms with Crippen LogP contribution in [-0.2, 0) is 6.42 Å².